The molecule has 7 nitrogen and oxygen atoms in total. The molecule has 0 saturated carbocycles. The van der Waals surface area contributed by atoms with Gasteiger partial charge in [-0.25, -0.2) is 9.37 Å². The van der Waals surface area contributed by atoms with Gasteiger partial charge in [0.25, 0.3) is 0 Å². The van der Waals surface area contributed by atoms with Gasteiger partial charge in [-0.15, -0.1) is 0 Å². The number of nitrogens with zero attached hydrogens (tertiary/aromatic N) is 2. The van der Waals surface area contributed by atoms with Crippen LogP contribution in [-0.2, 0) is 17.1 Å². The number of imidazole rings is 1. The van der Waals surface area contributed by atoms with Crippen molar-refractivity contribution in [1.82, 2.24) is 9.55 Å². The number of carbonyl (C=O) groups is 2. The molecule has 1 heterocycles. The van der Waals surface area contributed by atoms with Gasteiger partial charge >= 0.3 is 5.97 Å². The number of rotatable bonds is 10. The van der Waals surface area contributed by atoms with E-state index < -0.39 is 11.8 Å². The second kappa shape index (κ2) is 9.73. The molecular formula is C21H21FN2O5S. The number of thioether (sulfide) groups is 1. The fourth-order valence-corrected chi connectivity index (χ4v) is 3.91. The number of aliphatic hydroxyl groups excluding tert-OH is 1. The van der Waals surface area contributed by atoms with E-state index in [1.165, 1.54) is 41.5 Å². The number of Topliss-reactive ketones (excluding diaryl/α,β-unsaturated/α-hetero) is 1. The van der Waals surface area contributed by atoms with Gasteiger partial charge in [-0.2, -0.15) is 0 Å². The molecule has 30 heavy (non-hydrogen) atoms. The summed E-state index contributed by atoms with van der Waals surface area (Å²) in [5.74, 6) is -0.634. The van der Waals surface area contributed by atoms with Crippen LogP contribution in [0.1, 0.15) is 29.3 Å². The van der Waals surface area contributed by atoms with Crippen molar-refractivity contribution in [1.29, 1.82) is 0 Å². The van der Waals surface area contributed by atoms with Crippen molar-refractivity contribution in [3.8, 4) is 5.75 Å². The smallest absolute Gasteiger partial charge is 0.323 e. The molecular weight excluding hydrogens is 411 g/mol. The number of ether oxygens (including phenoxy) is 1. The van der Waals surface area contributed by atoms with Gasteiger partial charge in [0.1, 0.15) is 18.1 Å². The van der Waals surface area contributed by atoms with Crippen LogP contribution in [0.5, 0.6) is 5.75 Å². The standard InChI is InChI=1S/C21H21FN2O5S/c1-13(26)14-3-6-19(29-8-2-7-25)15(9-14)12-30-21-23-17-10-16(22)4-5-18(17)24(21)11-20(27)28/h3-6,9-10,25H,2,7-8,11-12H2,1H3,(H,27,28). The maximum Gasteiger partial charge on any atom is 0.323 e. The van der Waals surface area contributed by atoms with E-state index in [0.29, 0.717) is 46.3 Å². The summed E-state index contributed by atoms with van der Waals surface area (Å²) in [7, 11) is 0. The maximum absolute atomic E-state index is 13.6. The first-order chi connectivity index (χ1) is 14.4. The zero-order valence-corrected chi connectivity index (χ0v) is 17.1. The summed E-state index contributed by atoms with van der Waals surface area (Å²) in [6, 6.07) is 9.14. The summed E-state index contributed by atoms with van der Waals surface area (Å²) in [6.45, 7) is 1.49. The lowest BCUT2D eigenvalue weighted by Crippen LogP contribution is -2.10. The number of hydrogen-bond donors (Lipinski definition) is 2. The first kappa shape index (κ1) is 21.8. The predicted molar refractivity (Wildman–Crippen MR) is 111 cm³/mol. The van der Waals surface area contributed by atoms with Crippen LogP contribution in [-0.4, -0.2) is 44.7 Å². The molecule has 1 aromatic heterocycles. The number of halogens is 1. The van der Waals surface area contributed by atoms with Crippen LogP contribution in [0.15, 0.2) is 41.6 Å². The number of aliphatic carboxylic acids is 1. The van der Waals surface area contributed by atoms with Crippen LogP contribution in [0.2, 0.25) is 0 Å². The Morgan fingerprint density at radius 3 is 2.73 bits per heavy atom. The van der Waals surface area contributed by atoms with Crippen molar-refractivity contribution in [3.63, 3.8) is 0 Å². The third-order valence-corrected chi connectivity index (χ3v) is 5.38. The van der Waals surface area contributed by atoms with Gasteiger partial charge in [0, 0.05) is 36.0 Å². The predicted octanol–water partition coefficient (Wildman–Crippen LogP) is 3.52. The molecule has 0 unspecified atom stereocenters. The fourth-order valence-electron chi connectivity index (χ4n) is 2.92. The number of aromatic nitrogens is 2. The molecule has 0 spiro atoms. The molecule has 0 fully saturated rings. The molecule has 2 N–H and O–H groups in total. The molecule has 0 atom stereocenters. The third kappa shape index (κ3) is 5.17. The van der Waals surface area contributed by atoms with E-state index in [1.54, 1.807) is 18.2 Å². The van der Waals surface area contributed by atoms with E-state index in [0.717, 1.165) is 5.56 Å². The molecule has 0 saturated heterocycles. The third-order valence-electron chi connectivity index (χ3n) is 4.35. The Morgan fingerprint density at radius 2 is 2.03 bits per heavy atom. The highest BCUT2D eigenvalue weighted by Crippen LogP contribution is 2.31. The largest absolute Gasteiger partial charge is 0.493 e. The number of fused-ring (bicyclic) bond motifs is 1. The van der Waals surface area contributed by atoms with Gasteiger partial charge in [-0.05, 0) is 37.3 Å². The van der Waals surface area contributed by atoms with Gasteiger partial charge in [0.05, 0.1) is 17.6 Å². The first-order valence-electron chi connectivity index (χ1n) is 9.27. The van der Waals surface area contributed by atoms with Crippen molar-refractivity contribution in [3.05, 3.63) is 53.3 Å². The zero-order chi connectivity index (χ0) is 21.7. The minimum Gasteiger partial charge on any atom is -0.493 e. The Kier molecular flexibility index (Phi) is 7.07. The Morgan fingerprint density at radius 1 is 1.23 bits per heavy atom. The Balaban J connectivity index is 1.91. The molecule has 9 heteroatoms. The Bertz CT molecular complexity index is 1080. The second-order valence-corrected chi connectivity index (χ2v) is 7.54. The lowest BCUT2D eigenvalue weighted by molar-refractivity contribution is -0.137. The van der Waals surface area contributed by atoms with Crippen LogP contribution >= 0.6 is 11.8 Å². The number of ketones is 1. The molecule has 0 aliphatic heterocycles. The monoisotopic (exact) mass is 432 g/mol. The van der Waals surface area contributed by atoms with Crippen molar-refractivity contribution in [2.24, 2.45) is 0 Å². The highest BCUT2D eigenvalue weighted by molar-refractivity contribution is 7.98. The van der Waals surface area contributed by atoms with Gasteiger partial charge in [0.15, 0.2) is 10.9 Å². The van der Waals surface area contributed by atoms with E-state index in [-0.39, 0.29) is 18.9 Å². The fraction of sp³-hybridized carbons (Fsp3) is 0.286. The van der Waals surface area contributed by atoms with E-state index in [4.69, 9.17) is 9.84 Å². The van der Waals surface area contributed by atoms with Gasteiger partial charge < -0.3 is 19.5 Å². The van der Waals surface area contributed by atoms with Crippen LogP contribution in [0.3, 0.4) is 0 Å². The lowest BCUT2D eigenvalue weighted by atomic mass is 10.1. The average Bonchev–Trinajstić information content (AvgIpc) is 3.02. The van der Waals surface area contributed by atoms with Gasteiger partial charge in [-0.3, -0.25) is 9.59 Å². The Labute approximate surface area is 176 Å². The summed E-state index contributed by atoms with van der Waals surface area (Å²) in [5, 5.41) is 18.6. The minimum absolute atomic E-state index is 0.00534. The summed E-state index contributed by atoms with van der Waals surface area (Å²) in [5.41, 5.74) is 2.17. The van der Waals surface area contributed by atoms with Crippen molar-refractivity contribution in [2.75, 3.05) is 13.2 Å². The summed E-state index contributed by atoms with van der Waals surface area (Å²) >= 11 is 1.27. The normalized spacial score (nSPS) is 11.0. The van der Waals surface area contributed by atoms with Crippen LogP contribution < -0.4 is 4.74 Å². The van der Waals surface area contributed by atoms with E-state index >= 15 is 0 Å². The highest BCUT2D eigenvalue weighted by Gasteiger charge is 2.16. The second-order valence-electron chi connectivity index (χ2n) is 6.60. The zero-order valence-electron chi connectivity index (χ0n) is 16.3. The van der Waals surface area contributed by atoms with Crippen LogP contribution in [0, 0.1) is 5.82 Å². The van der Waals surface area contributed by atoms with E-state index in [9.17, 15) is 19.1 Å². The molecule has 0 aliphatic rings. The van der Waals surface area contributed by atoms with Crippen LogP contribution in [0.4, 0.5) is 4.39 Å². The molecule has 158 valence electrons. The molecule has 3 rings (SSSR count). The molecule has 0 amide bonds. The van der Waals surface area contributed by atoms with Gasteiger partial charge in [0.2, 0.25) is 0 Å². The maximum atomic E-state index is 13.6. The van der Waals surface area contributed by atoms with E-state index in [2.05, 4.69) is 4.98 Å². The van der Waals surface area contributed by atoms with E-state index in [1.807, 2.05) is 0 Å². The number of benzene rings is 2. The topological polar surface area (TPSA) is 102 Å². The van der Waals surface area contributed by atoms with Crippen LogP contribution in [0.25, 0.3) is 11.0 Å². The van der Waals surface area contributed by atoms with Crippen molar-refractivity contribution >= 4 is 34.5 Å². The van der Waals surface area contributed by atoms with Gasteiger partial charge in [-0.1, -0.05) is 11.8 Å². The molecule has 0 bridgehead atoms. The van der Waals surface area contributed by atoms with Crippen molar-refractivity contribution < 1.29 is 28.9 Å². The lowest BCUT2D eigenvalue weighted by Gasteiger charge is -2.13. The summed E-state index contributed by atoms with van der Waals surface area (Å²) in [6.07, 6.45) is 0.473. The molecule has 3 aromatic rings. The molecule has 0 radical (unpaired) electrons. The highest BCUT2D eigenvalue weighted by atomic mass is 32.2. The molecule has 0 aliphatic carbocycles. The number of aliphatic hydroxyl groups is 1. The Hall–Kier alpha value is -2.91. The summed E-state index contributed by atoms with van der Waals surface area (Å²) < 4.78 is 20.8. The SMILES string of the molecule is CC(=O)c1ccc(OCCCO)c(CSc2nc3cc(F)ccc3n2CC(=O)O)c1. The summed E-state index contributed by atoms with van der Waals surface area (Å²) in [4.78, 5) is 27.5. The quantitative estimate of drug-likeness (QED) is 0.287. The number of carbonyl (C=O) groups excluding carboxylic acids is 1. The number of carboxylic acid groups (broad SMARTS) is 1. The number of hydrogen-bond acceptors (Lipinski definition) is 6. The number of carboxylic acids is 1. The molecule has 2 aromatic carbocycles. The first-order valence-corrected chi connectivity index (χ1v) is 10.3. The minimum atomic E-state index is -1.04. The van der Waals surface area contributed by atoms with Crippen molar-refractivity contribution in [2.45, 2.75) is 30.8 Å². The average molecular weight is 432 g/mol.